The third-order valence-electron chi connectivity index (χ3n) is 6.76. The number of carbonyl (C=O) groups excluding carboxylic acids is 1. The van der Waals surface area contributed by atoms with Crippen LogP contribution in [-0.4, -0.2) is 33.7 Å². The van der Waals surface area contributed by atoms with E-state index in [9.17, 15) is 4.79 Å². The molecule has 0 spiro atoms. The van der Waals surface area contributed by atoms with Crippen LogP contribution < -0.4 is 5.32 Å². The van der Waals surface area contributed by atoms with E-state index in [0.29, 0.717) is 35.7 Å². The van der Waals surface area contributed by atoms with Gasteiger partial charge in [-0.15, -0.1) is 0 Å². The van der Waals surface area contributed by atoms with Crippen LogP contribution in [0.25, 0.3) is 5.65 Å². The molecule has 26 heavy (non-hydrogen) atoms. The molecule has 2 aromatic heterocycles. The second-order valence-corrected chi connectivity index (χ2v) is 8.55. The highest BCUT2D eigenvalue weighted by Gasteiger charge is 2.48. The molecule has 2 aromatic rings. The third kappa shape index (κ3) is 2.54. The molecule has 6 rings (SSSR count). The zero-order valence-corrected chi connectivity index (χ0v) is 15.4. The molecule has 138 valence electrons. The lowest BCUT2D eigenvalue weighted by atomic mass is 9.54. The van der Waals surface area contributed by atoms with Crippen LogP contribution in [-0.2, 0) is 11.3 Å². The maximum absolute atomic E-state index is 13.1. The fourth-order valence-corrected chi connectivity index (χ4v) is 5.95. The van der Waals surface area contributed by atoms with Crippen molar-refractivity contribution < 1.29 is 9.53 Å². The minimum atomic E-state index is -0.0288. The normalized spacial score (nSPS) is 32.3. The number of amides is 1. The first-order valence-corrected chi connectivity index (χ1v) is 9.76. The first kappa shape index (κ1) is 16.2. The Bertz CT molecular complexity index is 831. The minimum Gasteiger partial charge on any atom is -0.378 e. The van der Waals surface area contributed by atoms with E-state index in [2.05, 4.69) is 15.4 Å². The van der Waals surface area contributed by atoms with Crippen molar-refractivity contribution in [1.29, 1.82) is 0 Å². The number of carbonyl (C=O) groups is 1. The van der Waals surface area contributed by atoms with E-state index in [1.165, 1.54) is 32.1 Å². The van der Waals surface area contributed by atoms with Crippen LogP contribution >= 0.6 is 0 Å². The van der Waals surface area contributed by atoms with Crippen LogP contribution in [0, 0.1) is 30.6 Å². The fraction of sp³-hybridized carbons (Fsp3) is 0.650. The van der Waals surface area contributed by atoms with Gasteiger partial charge < -0.3 is 10.1 Å². The predicted molar refractivity (Wildman–Crippen MR) is 96.7 cm³/mol. The molecule has 1 N–H and O–H groups in total. The molecule has 4 fully saturated rings. The Morgan fingerprint density at radius 3 is 2.58 bits per heavy atom. The molecule has 6 heteroatoms. The summed E-state index contributed by atoms with van der Waals surface area (Å²) in [5, 5.41) is 7.74. The van der Waals surface area contributed by atoms with Crippen LogP contribution in [0.1, 0.15) is 53.8 Å². The van der Waals surface area contributed by atoms with Gasteiger partial charge in [0.2, 0.25) is 0 Å². The Hall–Kier alpha value is -1.95. The van der Waals surface area contributed by atoms with Gasteiger partial charge in [-0.05, 0) is 68.8 Å². The predicted octanol–water partition coefficient (Wildman–Crippen LogP) is 2.74. The number of hydrogen-bond acceptors (Lipinski definition) is 4. The van der Waals surface area contributed by atoms with E-state index in [1.807, 2.05) is 13.0 Å². The first-order valence-electron chi connectivity index (χ1n) is 9.76. The molecule has 0 aliphatic heterocycles. The van der Waals surface area contributed by atoms with Crippen molar-refractivity contribution in [2.24, 2.45) is 23.7 Å². The van der Waals surface area contributed by atoms with Gasteiger partial charge in [0.05, 0.1) is 18.5 Å². The molecule has 0 radical (unpaired) electrons. The summed E-state index contributed by atoms with van der Waals surface area (Å²) in [6, 6.07) is 2.27. The topological polar surface area (TPSA) is 68.5 Å². The SMILES string of the molecule is COCc1cc(C)n2ncc(C(=O)NC3C4CC5CC(C4)CC3C5)c2n1. The van der Waals surface area contributed by atoms with Crippen molar-refractivity contribution in [3.63, 3.8) is 0 Å². The number of nitrogens with one attached hydrogen (secondary N) is 1. The molecule has 0 unspecified atom stereocenters. The van der Waals surface area contributed by atoms with Crippen molar-refractivity contribution >= 4 is 11.6 Å². The smallest absolute Gasteiger partial charge is 0.257 e. The Labute approximate surface area is 153 Å². The van der Waals surface area contributed by atoms with E-state index in [-0.39, 0.29) is 5.91 Å². The molecular weight excluding hydrogens is 328 g/mol. The highest BCUT2D eigenvalue weighted by atomic mass is 16.5. The standard InChI is InChI=1S/C20H26N4O2/c1-11-3-16(10-26-2)22-19-17(9-21-24(11)19)20(25)23-18-14-5-12-4-13(7-14)8-15(18)6-12/h3,9,12-15,18H,4-8,10H2,1-2H3,(H,23,25). The Kier molecular flexibility index (Phi) is 3.78. The maximum Gasteiger partial charge on any atom is 0.257 e. The number of aryl methyl sites for hydroxylation is 1. The van der Waals surface area contributed by atoms with Crippen LogP contribution in [0.3, 0.4) is 0 Å². The van der Waals surface area contributed by atoms with E-state index < -0.39 is 0 Å². The molecule has 6 nitrogen and oxygen atoms in total. The zero-order chi connectivity index (χ0) is 17.8. The van der Waals surface area contributed by atoms with Gasteiger partial charge in [0, 0.05) is 18.8 Å². The van der Waals surface area contributed by atoms with Crippen molar-refractivity contribution in [1.82, 2.24) is 19.9 Å². The largest absolute Gasteiger partial charge is 0.378 e. The van der Waals surface area contributed by atoms with Gasteiger partial charge in [-0.25, -0.2) is 9.50 Å². The van der Waals surface area contributed by atoms with Crippen LogP contribution in [0.15, 0.2) is 12.3 Å². The van der Waals surface area contributed by atoms with Crippen molar-refractivity contribution in [3.8, 4) is 0 Å². The average Bonchev–Trinajstić information content (AvgIpc) is 3.02. The zero-order valence-electron chi connectivity index (χ0n) is 15.4. The Morgan fingerprint density at radius 1 is 1.23 bits per heavy atom. The molecule has 0 aromatic carbocycles. The molecule has 4 aliphatic rings. The lowest BCUT2D eigenvalue weighted by Gasteiger charge is -2.54. The number of fused-ring (bicyclic) bond motifs is 1. The molecule has 0 atom stereocenters. The van der Waals surface area contributed by atoms with Crippen molar-refractivity contribution in [2.45, 2.75) is 51.7 Å². The summed E-state index contributed by atoms with van der Waals surface area (Å²) >= 11 is 0. The second-order valence-electron chi connectivity index (χ2n) is 8.55. The number of methoxy groups -OCH3 is 1. The number of nitrogens with zero attached hydrogens (tertiary/aromatic N) is 3. The summed E-state index contributed by atoms with van der Waals surface area (Å²) in [5.74, 6) is 3.11. The first-order chi connectivity index (χ1) is 12.6. The summed E-state index contributed by atoms with van der Waals surface area (Å²) in [6.45, 7) is 2.40. The van der Waals surface area contributed by atoms with Crippen molar-refractivity contribution in [2.75, 3.05) is 7.11 Å². The van der Waals surface area contributed by atoms with Gasteiger partial charge in [0.15, 0.2) is 5.65 Å². The van der Waals surface area contributed by atoms with E-state index in [4.69, 9.17) is 4.74 Å². The fourth-order valence-electron chi connectivity index (χ4n) is 5.95. The Morgan fingerprint density at radius 2 is 1.92 bits per heavy atom. The monoisotopic (exact) mass is 354 g/mol. The van der Waals surface area contributed by atoms with Gasteiger partial charge in [0.1, 0.15) is 5.56 Å². The van der Waals surface area contributed by atoms with Crippen LogP contribution in [0.2, 0.25) is 0 Å². The quantitative estimate of drug-likeness (QED) is 0.917. The maximum atomic E-state index is 13.1. The summed E-state index contributed by atoms with van der Waals surface area (Å²) in [6.07, 6.45) is 8.25. The third-order valence-corrected chi connectivity index (χ3v) is 6.76. The van der Waals surface area contributed by atoms with Gasteiger partial charge >= 0.3 is 0 Å². The van der Waals surface area contributed by atoms with E-state index >= 15 is 0 Å². The van der Waals surface area contributed by atoms with Crippen LogP contribution in [0.5, 0.6) is 0 Å². The van der Waals surface area contributed by atoms with E-state index in [1.54, 1.807) is 17.8 Å². The highest BCUT2D eigenvalue weighted by Crippen LogP contribution is 2.53. The molecule has 1 amide bonds. The second kappa shape index (κ2) is 6.05. The van der Waals surface area contributed by atoms with Gasteiger partial charge in [0.25, 0.3) is 5.91 Å². The summed E-state index contributed by atoms with van der Waals surface area (Å²) in [7, 11) is 1.65. The van der Waals surface area contributed by atoms with Gasteiger partial charge in [-0.3, -0.25) is 4.79 Å². The molecule has 2 heterocycles. The highest BCUT2D eigenvalue weighted by molar-refractivity contribution is 5.99. The van der Waals surface area contributed by atoms with E-state index in [0.717, 1.165) is 23.2 Å². The number of ether oxygens (including phenoxy) is 1. The Balaban J connectivity index is 1.42. The minimum absolute atomic E-state index is 0.0288. The van der Waals surface area contributed by atoms with Crippen LogP contribution in [0.4, 0.5) is 0 Å². The summed E-state index contributed by atoms with van der Waals surface area (Å²) < 4.78 is 6.94. The number of rotatable bonds is 4. The number of aromatic nitrogens is 3. The molecular formula is C20H26N4O2. The van der Waals surface area contributed by atoms with Crippen molar-refractivity contribution in [3.05, 3.63) is 29.2 Å². The summed E-state index contributed by atoms with van der Waals surface area (Å²) in [4.78, 5) is 17.7. The van der Waals surface area contributed by atoms with Gasteiger partial charge in [-0.2, -0.15) is 5.10 Å². The summed E-state index contributed by atoms with van der Waals surface area (Å²) in [5.41, 5.74) is 2.97. The average molecular weight is 354 g/mol. The molecule has 0 saturated heterocycles. The van der Waals surface area contributed by atoms with Gasteiger partial charge in [-0.1, -0.05) is 0 Å². The lowest BCUT2D eigenvalue weighted by molar-refractivity contribution is -0.0119. The lowest BCUT2D eigenvalue weighted by Crippen LogP contribution is -2.55. The molecule has 4 aliphatic carbocycles. The number of hydrogen-bond donors (Lipinski definition) is 1. The molecule has 4 bridgehead atoms. The molecule has 4 saturated carbocycles.